The topological polar surface area (TPSA) is 15.3 Å². The lowest BCUT2D eigenvalue weighted by Gasteiger charge is -2.21. The minimum Gasteiger partial charge on any atom is -0.313 e. The SMILES string of the molecule is CC1CCN(CCC2CCCC2)CCN1. The van der Waals surface area contributed by atoms with E-state index in [0.717, 1.165) is 12.0 Å². The van der Waals surface area contributed by atoms with Gasteiger partial charge in [-0.05, 0) is 38.8 Å². The lowest BCUT2D eigenvalue weighted by atomic mass is 10.0. The minimum atomic E-state index is 0.724. The standard InChI is InChI=1S/C13H26N2/c1-12-6-9-15(11-8-14-12)10-7-13-4-2-3-5-13/h12-14H,2-11H2,1H3. The summed E-state index contributed by atoms with van der Waals surface area (Å²) in [6.45, 7) is 7.41. The van der Waals surface area contributed by atoms with E-state index in [4.69, 9.17) is 0 Å². The molecular formula is C13H26N2. The lowest BCUT2D eigenvalue weighted by molar-refractivity contribution is 0.265. The number of nitrogens with zero attached hydrogens (tertiary/aromatic N) is 1. The van der Waals surface area contributed by atoms with Gasteiger partial charge in [0.1, 0.15) is 0 Å². The van der Waals surface area contributed by atoms with E-state index in [1.807, 2.05) is 0 Å². The van der Waals surface area contributed by atoms with E-state index in [0.29, 0.717) is 0 Å². The highest BCUT2D eigenvalue weighted by Crippen LogP contribution is 2.27. The molecule has 0 radical (unpaired) electrons. The Hall–Kier alpha value is -0.0800. The molecule has 1 aliphatic carbocycles. The molecule has 1 N–H and O–H groups in total. The van der Waals surface area contributed by atoms with Crippen molar-refractivity contribution < 1.29 is 0 Å². The van der Waals surface area contributed by atoms with Crippen molar-refractivity contribution >= 4 is 0 Å². The third kappa shape index (κ3) is 3.76. The van der Waals surface area contributed by atoms with Crippen LogP contribution in [0.4, 0.5) is 0 Å². The molecule has 0 aromatic rings. The number of rotatable bonds is 3. The van der Waals surface area contributed by atoms with Gasteiger partial charge in [-0.15, -0.1) is 0 Å². The second-order valence-corrected chi connectivity index (χ2v) is 5.42. The highest BCUT2D eigenvalue weighted by Gasteiger charge is 2.17. The van der Waals surface area contributed by atoms with Gasteiger partial charge in [-0.25, -0.2) is 0 Å². The fourth-order valence-electron chi connectivity index (χ4n) is 2.95. The molecule has 88 valence electrons. The molecule has 2 heteroatoms. The molecular weight excluding hydrogens is 184 g/mol. The van der Waals surface area contributed by atoms with Gasteiger partial charge in [0.05, 0.1) is 0 Å². The average Bonchev–Trinajstić information content (AvgIpc) is 2.66. The summed E-state index contributed by atoms with van der Waals surface area (Å²) in [7, 11) is 0. The Labute approximate surface area is 94.4 Å². The summed E-state index contributed by atoms with van der Waals surface area (Å²) in [5.41, 5.74) is 0. The maximum Gasteiger partial charge on any atom is 0.0107 e. The maximum atomic E-state index is 3.56. The van der Waals surface area contributed by atoms with Crippen molar-refractivity contribution in [2.75, 3.05) is 26.2 Å². The summed E-state index contributed by atoms with van der Waals surface area (Å²) >= 11 is 0. The van der Waals surface area contributed by atoms with Gasteiger partial charge in [-0.1, -0.05) is 25.7 Å². The molecule has 1 unspecified atom stereocenters. The molecule has 1 atom stereocenters. The number of nitrogens with one attached hydrogen (secondary N) is 1. The zero-order valence-corrected chi connectivity index (χ0v) is 10.2. The highest BCUT2D eigenvalue weighted by molar-refractivity contribution is 4.74. The van der Waals surface area contributed by atoms with Gasteiger partial charge in [0, 0.05) is 19.1 Å². The summed E-state index contributed by atoms with van der Waals surface area (Å²) in [4.78, 5) is 2.66. The molecule has 2 fully saturated rings. The first-order chi connectivity index (χ1) is 7.34. The van der Waals surface area contributed by atoms with Crippen LogP contribution in [0.1, 0.15) is 45.4 Å². The van der Waals surface area contributed by atoms with Crippen LogP contribution in [0.3, 0.4) is 0 Å². The van der Waals surface area contributed by atoms with Crippen LogP contribution >= 0.6 is 0 Å². The van der Waals surface area contributed by atoms with E-state index >= 15 is 0 Å². The van der Waals surface area contributed by atoms with Crippen molar-refractivity contribution in [3.8, 4) is 0 Å². The normalized spacial score (nSPS) is 30.6. The molecule has 1 aliphatic heterocycles. The third-order valence-corrected chi connectivity index (χ3v) is 4.13. The Morgan fingerprint density at radius 3 is 2.73 bits per heavy atom. The molecule has 2 aliphatic rings. The van der Waals surface area contributed by atoms with Gasteiger partial charge in [0.25, 0.3) is 0 Å². The Morgan fingerprint density at radius 1 is 1.13 bits per heavy atom. The summed E-state index contributed by atoms with van der Waals surface area (Å²) in [6.07, 6.45) is 8.76. The van der Waals surface area contributed by atoms with Crippen LogP contribution in [0.2, 0.25) is 0 Å². The van der Waals surface area contributed by atoms with Crippen LogP contribution < -0.4 is 5.32 Å². The molecule has 0 spiro atoms. The lowest BCUT2D eigenvalue weighted by Crippen LogP contribution is -2.30. The molecule has 0 bridgehead atoms. The Balaban J connectivity index is 1.64. The van der Waals surface area contributed by atoms with Gasteiger partial charge in [-0.2, -0.15) is 0 Å². The molecule has 2 rings (SSSR count). The predicted octanol–water partition coefficient (Wildman–Crippen LogP) is 2.25. The summed E-state index contributed by atoms with van der Waals surface area (Å²) in [5, 5.41) is 3.56. The predicted molar refractivity (Wildman–Crippen MR) is 65.1 cm³/mol. The summed E-state index contributed by atoms with van der Waals surface area (Å²) < 4.78 is 0. The molecule has 1 saturated heterocycles. The van der Waals surface area contributed by atoms with Crippen molar-refractivity contribution in [3.05, 3.63) is 0 Å². The van der Waals surface area contributed by atoms with Gasteiger partial charge >= 0.3 is 0 Å². The number of hydrogen-bond acceptors (Lipinski definition) is 2. The Morgan fingerprint density at radius 2 is 1.93 bits per heavy atom. The number of hydrogen-bond donors (Lipinski definition) is 1. The van der Waals surface area contributed by atoms with E-state index in [2.05, 4.69) is 17.1 Å². The Bertz CT molecular complexity index is 175. The van der Waals surface area contributed by atoms with Gasteiger partial charge < -0.3 is 10.2 Å². The molecule has 15 heavy (non-hydrogen) atoms. The third-order valence-electron chi connectivity index (χ3n) is 4.13. The average molecular weight is 210 g/mol. The fourth-order valence-corrected chi connectivity index (χ4v) is 2.95. The first kappa shape index (κ1) is 11.4. The van der Waals surface area contributed by atoms with Crippen LogP contribution in [0.25, 0.3) is 0 Å². The van der Waals surface area contributed by atoms with E-state index < -0.39 is 0 Å². The molecule has 2 nitrogen and oxygen atoms in total. The van der Waals surface area contributed by atoms with Crippen LogP contribution in [0.5, 0.6) is 0 Å². The van der Waals surface area contributed by atoms with Crippen molar-refractivity contribution in [2.24, 2.45) is 5.92 Å². The molecule has 0 amide bonds. The second-order valence-electron chi connectivity index (χ2n) is 5.42. The molecule has 0 aromatic carbocycles. The zero-order chi connectivity index (χ0) is 10.5. The maximum absolute atomic E-state index is 3.56. The first-order valence-electron chi connectivity index (χ1n) is 6.80. The Kier molecular flexibility index (Phi) is 4.45. The van der Waals surface area contributed by atoms with Crippen molar-refractivity contribution in [1.29, 1.82) is 0 Å². The monoisotopic (exact) mass is 210 g/mol. The molecule has 1 saturated carbocycles. The molecule has 1 heterocycles. The van der Waals surface area contributed by atoms with Gasteiger partial charge in [-0.3, -0.25) is 0 Å². The van der Waals surface area contributed by atoms with E-state index in [9.17, 15) is 0 Å². The van der Waals surface area contributed by atoms with Crippen molar-refractivity contribution in [3.63, 3.8) is 0 Å². The zero-order valence-electron chi connectivity index (χ0n) is 10.2. The molecule has 0 aromatic heterocycles. The van der Waals surface area contributed by atoms with Crippen molar-refractivity contribution in [2.45, 2.75) is 51.5 Å². The van der Waals surface area contributed by atoms with Crippen LogP contribution in [0.15, 0.2) is 0 Å². The summed E-state index contributed by atoms with van der Waals surface area (Å²) in [6, 6.07) is 0.724. The fraction of sp³-hybridized carbons (Fsp3) is 1.00. The smallest absolute Gasteiger partial charge is 0.0107 e. The van der Waals surface area contributed by atoms with Crippen LogP contribution in [0, 0.1) is 5.92 Å². The first-order valence-corrected chi connectivity index (χ1v) is 6.80. The minimum absolute atomic E-state index is 0.724. The summed E-state index contributed by atoms with van der Waals surface area (Å²) in [5.74, 6) is 1.05. The van der Waals surface area contributed by atoms with Crippen LogP contribution in [-0.2, 0) is 0 Å². The second kappa shape index (κ2) is 5.86. The van der Waals surface area contributed by atoms with Crippen LogP contribution in [-0.4, -0.2) is 37.1 Å². The van der Waals surface area contributed by atoms with Gasteiger partial charge in [0.2, 0.25) is 0 Å². The quantitative estimate of drug-likeness (QED) is 0.768. The van der Waals surface area contributed by atoms with E-state index in [-0.39, 0.29) is 0 Å². The van der Waals surface area contributed by atoms with Crippen molar-refractivity contribution in [1.82, 2.24) is 10.2 Å². The van der Waals surface area contributed by atoms with Gasteiger partial charge in [0.15, 0.2) is 0 Å². The largest absolute Gasteiger partial charge is 0.313 e. The van der Waals surface area contributed by atoms with E-state index in [1.165, 1.54) is 64.7 Å². The van der Waals surface area contributed by atoms with E-state index in [1.54, 1.807) is 0 Å². The highest BCUT2D eigenvalue weighted by atomic mass is 15.2.